The highest BCUT2D eigenvalue weighted by Crippen LogP contribution is 2.74. The molecule has 2 aromatic carbocycles. The zero-order valence-corrected chi connectivity index (χ0v) is 22.8. The number of carbonyl (C=O) groups is 4. The Labute approximate surface area is 233 Å². The maximum absolute atomic E-state index is 15.1. The average Bonchev–Trinajstić information content (AvgIpc) is 3.57. The fourth-order valence-corrected chi connectivity index (χ4v) is 8.99. The molecule has 0 aromatic heterocycles. The monoisotopic (exact) mass is 536 g/mol. The zero-order valence-electron chi connectivity index (χ0n) is 22.8. The molecule has 0 unspecified atom stereocenters. The summed E-state index contributed by atoms with van der Waals surface area (Å²) in [7, 11) is 0. The molecule has 6 aliphatic rings. The molecule has 8 rings (SSSR count). The number of ether oxygens (including phenoxy) is 2. The van der Waals surface area contributed by atoms with Crippen LogP contribution in [0.25, 0.3) is 5.57 Å². The van der Waals surface area contributed by atoms with Gasteiger partial charge in [-0.2, -0.15) is 0 Å². The second-order valence-electron chi connectivity index (χ2n) is 11.9. The van der Waals surface area contributed by atoms with Crippen LogP contribution in [0.2, 0.25) is 0 Å². The first kappa shape index (κ1) is 25.2. The summed E-state index contributed by atoms with van der Waals surface area (Å²) < 4.78 is 12.4. The van der Waals surface area contributed by atoms with Crippen LogP contribution in [-0.4, -0.2) is 34.7 Å². The van der Waals surface area contributed by atoms with Crippen LogP contribution in [0, 0.1) is 17.3 Å². The van der Waals surface area contributed by atoms with E-state index in [-0.39, 0.29) is 37.2 Å². The van der Waals surface area contributed by atoms with Crippen molar-refractivity contribution in [1.29, 1.82) is 0 Å². The standard InChI is InChI=1S/C34H32O6/c1-3-21-19-32(23-13-9-6-10-14-23)28(34(29(21)37)18-16-26(36)40-34)27-24(22-11-7-5-8-12-22)20-31(32,4-2)30(38)33(27)17-15-25(35)39-33/h5-14,19-20,27-28H,3-4,15-18H2,1-2H3/t27-,28+,31-,32-,33+,34+/m0/s1. The van der Waals surface area contributed by atoms with Gasteiger partial charge in [-0.1, -0.05) is 86.7 Å². The molecular formula is C34H32O6. The van der Waals surface area contributed by atoms with Gasteiger partial charge in [0.05, 0.1) is 5.41 Å². The molecule has 2 aromatic rings. The van der Waals surface area contributed by atoms with Crippen molar-refractivity contribution < 1.29 is 28.7 Å². The van der Waals surface area contributed by atoms with Crippen molar-refractivity contribution in [3.05, 3.63) is 89.5 Å². The van der Waals surface area contributed by atoms with Crippen molar-refractivity contribution in [2.75, 3.05) is 0 Å². The lowest BCUT2D eigenvalue weighted by molar-refractivity contribution is -0.203. The first-order chi connectivity index (χ1) is 19.3. The Morgan fingerprint density at radius 2 is 1.38 bits per heavy atom. The van der Waals surface area contributed by atoms with Gasteiger partial charge in [0.2, 0.25) is 5.78 Å². The van der Waals surface area contributed by atoms with E-state index in [1.54, 1.807) is 0 Å². The third-order valence-electron chi connectivity index (χ3n) is 10.5. The SMILES string of the molecule is CCC1=C[C@]2(c3ccccc3)[C@@H]([C@@H]3C(c4ccccc4)=C[C@@]2(CC)C(=O)[C@@]32CCC(=O)O2)[C@]2(CCC(=O)O2)C1=O. The van der Waals surface area contributed by atoms with E-state index in [0.717, 1.165) is 16.7 Å². The molecule has 2 saturated heterocycles. The Bertz CT molecular complexity index is 1520. The largest absolute Gasteiger partial charge is 0.450 e. The van der Waals surface area contributed by atoms with E-state index < -0.39 is 45.8 Å². The predicted octanol–water partition coefficient (Wildman–Crippen LogP) is 5.30. The van der Waals surface area contributed by atoms with Crippen LogP contribution in [0.1, 0.15) is 63.5 Å². The average molecular weight is 537 g/mol. The Hall–Kier alpha value is -3.80. The van der Waals surface area contributed by atoms with E-state index in [0.29, 0.717) is 18.4 Å². The lowest BCUT2D eigenvalue weighted by Gasteiger charge is -2.69. The molecule has 6 nitrogen and oxygen atoms in total. The molecule has 2 bridgehead atoms. The number of carbonyl (C=O) groups excluding carboxylic acids is 4. The normalized spacial score (nSPS) is 37.9. The summed E-state index contributed by atoms with van der Waals surface area (Å²) in [5.74, 6) is -2.43. The summed E-state index contributed by atoms with van der Waals surface area (Å²) in [6, 6.07) is 19.7. The van der Waals surface area contributed by atoms with E-state index in [4.69, 9.17) is 9.47 Å². The lowest BCUT2D eigenvalue weighted by atomic mass is 9.33. The Morgan fingerprint density at radius 3 is 1.93 bits per heavy atom. The Kier molecular flexibility index (Phi) is 5.26. The first-order valence-corrected chi connectivity index (χ1v) is 14.4. The number of allylic oxidation sites excluding steroid dienone is 2. The molecule has 2 aliphatic heterocycles. The van der Waals surface area contributed by atoms with Crippen LogP contribution in [0.15, 0.2) is 78.4 Å². The predicted molar refractivity (Wildman–Crippen MR) is 147 cm³/mol. The van der Waals surface area contributed by atoms with Gasteiger partial charge < -0.3 is 9.47 Å². The maximum atomic E-state index is 15.1. The maximum Gasteiger partial charge on any atom is 0.306 e. The molecule has 40 heavy (non-hydrogen) atoms. The van der Waals surface area contributed by atoms with Gasteiger partial charge in [0.1, 0.15) is 0 Å². The van der Waals surface area contributed by atoms with Gasteiger partial charge >= 0.3 is 11.9 Å². The minimum absolute atomic E-state index is 0.112. The molecule has 6 atom stereocenters. The minimum Gasteiger partial charge on any atom is -0.450 e. The highest BCUT2D eigenvalue weighted by Gasteiger charge is 2.82. The molecule has 3 fully saturated rings. The molecule has 4 aliphatic carbocycles. The fraction of sp³-hybridized carbons (Fsp3) is 0.412. The fourth-order valence-electron chi connectivity index (χ4n) is 8.99. The van der Waals surface area contributed by atoms with Crippen molar-refractivity contribution in [2.24, 2.45) is 17.3 Å². The van der Waals surface area contributed by atoms with E-state index in [1.807, 2.05) is 80.6 Å². The van der Waals surface area contributed by atoms with Crippen molar-refractivity contribution in [3.63, 3.8) is 0 Å². The van der Waals surface area contributed by atoms with Crippen molar-refractivity contribution in [1.82, 2.24) is 0 Å². The molecule has 0 N–H and O–H groups in total. The summed E-state index contributed by atoms with van der Waals surface area (Å²) >= 11 is 0. The summed E-state index contributed by atoms with van der Waals surface area (Å²) in [6.45, 7) is 3.93. The molecule has 2 spiro atoms. The third kappa shape index (κ3) is 2.79. The number of Topliss-reactive ketones (excluding diaryl/α,β-unsaturated/α-hetero) is 2. The Morgan fingerprint density at radius 1 is 0.775 bits per heavy atom. The smallest absolute Gasteiger partial charge is 0.306 e. The first-order valence-electron chi connectivity index (χ1n) is 14.4. The number of hydrogen-bond donors (Lipinski definition) is 0. The summed E-state index contributed by atoms with van der Waals surface area (Å²) in [5.41, 5.74) is -1.74. The van der Waals surface area contributed by atoms with Gasteiger partial charge in [0.15, 0.2) is 17.0 Å². The van der Waals surface area contributed by atoms with Crippen molar-refractivity contribution >= 4 is 29.1 Å². The quantitative estimate of drug-likeness (QED) is 0.493. The van der Waals surface area contributed by atoms with Crippen molar-refractivity contribution in [2.45, 2.75) is 69.0 Å². The third-order valence-corrected chi connectivity index (χ3v) is 10.5. The van der Waals surface area contributed by atoms with Gasteiger partial charge in [-0.3, -0.25) is 19.2 Å². The molecule has 0 radical (unpaired) electrons. The van der Waals surface area contributed by atoms with Crippen LogP contribution in [0.4, 0.5) is 0 Å². The van der Waals surface area contributed by atoms with E-state index >= 15 is 4.79 Å². The van der Waals surface area contributed by atoms with E-state index in [2.05, 4.69) is 6.08 Å². The minimum atomic E-state index is -1.46. The number of hydrogen-bond acceptors (Lipinski definition) is 6. The zero-order chi connectivity index (χ0) is 27.9. The van der Waals surface area contributed by atoms with E-state index in [1.165, 1.54) is 0 Å². The second-order valence-corrected chi connectivity index (χ2v) is 11.9. The summed E-state index contributed by atoms with van der Waals surface area (Å²) in [5, 5.41) is 0. The van der Waals surface area contributed by atoms with Crippen LogP contribution in [-0.2, 0) is 34.1 Å². The van der Waals surface area contributed by atoms with Gasteiger partial charge in [-0.15, -0.1) is 0 Å². The second kappa shape index (κ2) is 8.35. The molecule has 0 amide bonds. The number of benzene rings is 2. The summed E-state index contributed by atoms with van der Waals surface area (Å²) in [6.07, 6.45) is 5.75. The van der Waals surface area contributed by atoms with Crippen LogP contribution in [0.5, 0.6) is 0 Å². The van der Waals surface area contributed by atoms with Gasteiger partial charge in [-0.25, -0.2) is 0 Å². The number of esters is 2. The van der Waals surface area contributed by atoms with Crippen LogP contribution >= 0.6 is 0 Å². The number of rotatable bonds is 4. The molecule has 6 heteroatoms. The van der Waals surface area contributed by atoms with Crippen LogP contribution in [0.3, 0.4) is 0 Å². The lowest BCUT2D eigenvalue weighted by Crippen LogP contribution is -2.78. The molecule has 204 valence electrons. The van der Waals surface area contributed by atoms with Gasteiger partial charge in [0, 0.05) is 42.9 Å². The highest BCUT2D eigenvalue weighted by atomic mass is 16.6. The van der Waals surface area contributed by atoms with Gasteiger partial charge in [0.25, 0.3) is 0 Å². The van der Waals surface area contributed by atoms with Crippen molar-refractivity contribution in [3.8, 4) is 0 Å². The number of ketones is 2. The topological polar surface area (TPSA) is 86.7 Å². The molecule has 2 heterocycles. The highest BCUT2D eigenvalue weighted by molar-refractivity contribution is 6.11. The molecular weight excluding hydrogens is 504 g/mol. The van der Waals surface area contributed by atoms with Gasteiger partial charge in [-0.05, 0) is 35.1 Å². The Balaban J connectivity index is 1.67. The van der Waals surface area contributed by atoms with Crippen LogP contribution < -0.4 is 0 Å². The summed E-state index contributed by atoms with van der Waals surface area (Å²) in [4.78, 5) is 55.4. The molecule has 1 saturated carbocycles. The van der Waals surface area contributed by atoms with E-state index in [9.17, 15) is 14.4 Å².